The molecule has 0 radical (unpaired) electrons. The number of aromatic nitrogens is 1. The second-order valence-electron chi connectivity index (χ2n) is 5.91. The van der Waals surface area contributed by atoms with Gasteiger partial charge in [0, 0.05) is 11.8 Å². The first-order chi connectivity index (χ1) is 11.9. The maximum absolute atomic E-state index is 13.6. The molecule has 2 aromatic carbocycles. The number of fused-ring (bicyclic) bond motifs is 1. The number of benzene rings is 2. The quantitative estimate of drug-likeness (QED) is 0.766. The maximum Gasteiger partial charge on any atom is 0.255 e. The number of nitrogens with two attached hydrogens (primary N) is 1. The molecular formula is C19H17FN2O3. The Labute approximate surface area is 143 Å². The summed E-state index contributed by atoms with van der Waals surface area (Å²) >= 11 is 0. The van der Waals surface area contributed by atoms with Crippen molar-refractivity contribution in [3.05, 3.63) is 63.8 Å². The zero-order valence-corrected chi connectivity index (χ0v) is 13.9. The summed E-state index contributed by atoms with van der Waals surface area (Å²) in [6.07, 6.45) is 1.63. The van der Waals surface area contributed by atoms with E-state index < -0.39 is 5.91 Å². The summed E-state index contributed by atoms with van der Waals surface area (Å²) in [5.41, 5.74) is 8.01. The van der Waals surface area contributed by atoms with Gasteiger partial charge in [-0.1, -0.05) is 0 Å². The van der Waals surface area contributed by atoms with Crippen molar-refractivity contribution in [1.82, 2.24) is 4.98 Å². The largest absolute Gasteiger partial charge is 0.484 e. The molecule has 0 atom stereocenters. The van der Waals surface area contributed by atoms with Gasteiger partial charge in [-0.05, 0) is 66.3 Å². The zero-order chi connectivity index (χ0) is 18.1. The fraction of sp³-hybridized carbons (Fsp3) is 0.158. The van der Waals surface area contributed by atoms with Crippen LogP contribution >= 0.6 is 0 Å². The molecule has 0 aliphatic rings. The van der Waals surface area contributed by atoms with Crippen LogP contribution in [0, 0.1) is 19.7 Å². The average molecular weight is 340 g/mol. The SMILES string of the molecule is Cc1cc(F)cc(C)c1-c1c[nH]c(=O)c2cc(OCC(N)=O)ccc12. The van der Waals surface area contributed by atoms with Crippen molar-refractivity contribution in [3.63, 3.8) is 0 Å². The number of aryl methyl sites for hydroxylation is 2. The van der Waals surface area contributed by atoms with Gasteiger partial charge in [0.25, 0.3) is 11.5 Å². The lowest BCUT2D eigenvalue weighted by atomic mass is 9.93. The Morgan fingerprint density at radius 3 is 2.48 bits per heavy atom. The molecule has 1 amide bonds. The van der Waals surface area contributed by atoms with E-state index in [4.69, 9.17) is 10.5 Å². The summed E-state index contributed by atoms with van der Waals surface area (Å²) in [6, 6.07) is 7.91. The number of amides is 1. The molecule has 128 valence electrons. The van der Waals surface area contributed by atoms with Crippen molar-refractivity contribution in [2.24, 2.45) is 5.73 Å². The molecule has 3 N–H and O–H groups in total. The minimum Gasteiger partial charge on any atom is -0.484 e. The molecule has 25 heavy (non-hydrogen) atoms. The summed E-state index contributed by atoms with van der Waals surface area (Å²) in [6.45, 7) is 3.39. The molecule has 5 nitrogen and oxygen atoms in total. The highest BCUT2D eigenvalue weighted by Crippen LogP contribution is 2.33. The van der Waals surface area contributed by atoms with E-state index >= 15 is 0 Å². The number of hydrogen-bond acceptors (Lipinski definition) is 3. The van der Waals surface area contributed by atoms with Crippen LogP contribution in [0.4, 0.5) is 4.39 Å². The number of ether oxygens (including phenoxy) is 1. The van der Waals surface area contributed by atoms with Crippen molar-refractivity contribution >= 4 is 16.7 Å². The minimum atomic E-state index is -0.597. The number of halogens is 1. The van der Waals surface area contributed by atoms with Crippen LogP contribution in [0.1, 0.15) is 11.1 Å². The standard InChI is InChI=1S/C19H17FN2O3/c1-10-5-12(20)6-11(2)18(10)16-8-22-19(24)15-7-13(3-4-14(15)16)25-9-17(21)23/h3-8H,9H2,1-2H3,(H2,21,23)(H,22,24). The summed E-state index contributed by atoms with van der Waals surface area (Å²) in [5, 5.41) is 1.13. The van der Waals surface area contributed by atoms with E-state index in [-0.39, 0.29) is 18.0 Å². The Bertz CT molecular complexity index is 1020. The highest BCUT2D eigenvalue weighted by atomic mass is 19.1. The molecule has 3 aromatic rings. The monoisotopic (exact) mass is 340 g/mol. The van der Waals surface area contributed by atoms with E-state index in [1.165, 1.54) is 12.1 Å². The van der Waals surface area contributed by atoms with Crippen LogP contribution in [-0.2, 0) is 4.79 Å². The normalized spacial score (nSPS) is 10.8. The molecule has 0 fully saturated rings. The van der Waals surface area contributed by atoms with Gasteiger partial charge < -0.3 is 15.5 Å². The summed E-state index contributed by atoms with van der Waals surface area (Å²) in [7, 11) is 0. The molecule has 1 aromatic heterocycles. The van der Waals surface area contributed by atoms with Crippen molar-refractivity contribution in [3.8, 4) is 16.9 Å². The van der Waals surface area contributed by atoms with Gasteiger partial charge in [-0.3, -0.25) is 9.59 Å². The third-order valence-electron chi connectivity index (χ3n) is 4.02. The molecule has 0 saturated heterocycles. The van der Waals surface area contributed by atoms with Gasteiger partial charge >= 0.3 is 0 Å². The first-order valence-electron chi connectivity index (χ1n) is 7.70. The first-order valence-corrected chi connectivity index (χ1v) is 7.70. The fourth-order valence-electron chi connectivity index (χ4n) is 3.03. The van der Waals surface area contributed by atoms with Crippen LogP contribution < -0.4 is 16.0 Å². The highest BCUT2D eigenvalue weighted by Gasteiger charge is 2.13. The molecule has 0 aliphatic carbocycles. The highest BCUT2D eigenvalue weighted by molar-refractivity contribution is 5.97. The van der Waals surface area contributed by atoms with Crippen LogP contribution in [0.25, 0.3) is 21.9 Å². The van der Waals surface area contributed by atoms with Crippen LogP contribution in [0.3, 0.4) is 0 Å². The number of H-pyrrole nitrogens is 1. The predicted octanol–water partition coefficient (Wildman–Crippen LogP) is 2.82. The van der Waals surface area contributed by atoms with Gasteiger partial charge in [0.15, 0.2) is 6.61 Å². The van der Waals surface area contributed by atoms with E-state index in [9.17, 15) is 14.0 Å². The van der Waals surface area contributed by atoms with Crippen LogP contribution in [0.15, 0.2) is 41.3 Å². The Hall–Kier alpha value is -3.15. The van der Waals surface area contributed by atoms with Gasteiger partial charge in [0.1, 0.15) is 11.6 Å². The van der Waals surface area contributed by atoms with Crippen molar-refractivity contribution < 1.29 is 13.9 Å². The molecule has 3 rings (SSSR count). The number of primary amides is 1. The smallest absolute Gasteiger partial charge is 0.255 e. The molecule has 0 saturated carbocycles. The second-order valence-corrected chi connectivity index (χ2v) is 5.91. The van der Waals surface area contributed by atoms with Crippen LogP contribution in [0.5, 0.6) is 5.75 Å². The van der Waals surface area contributed by atoms with Gasteiger partial charge in [-0.15, -0.1) is 0 Å². The van der Waals surface area contributed by atoms with E-state index in [1.54, 1.807) is 24.4 Å². The van der Waals surface area contributed by atoms with Crippen molar-refractivity contribution in [2.75, 3.05) is 6.61 Å². The Morgan fingerprint density at radius 1 is 1.16 bits per heavy atom. The Kier molecular flexibility index (Phi) is 4.27. The lowest BCUT2D eigenvalue weighted by molar-refractivity contribution is -0.119. The van der Waals surface area contributed by atoms with Gasteiger partial charge in [-0.25, -0.2) is 4.39 Å². The van der Waals surface area contributed by atoms with Gasteiger partial charge in [0.05, 0.1) is 5.39 Å². The third kappa shape index (κ3) is 3.24. The number of nitrogens with one attached hydrogen (secondary N) is 1. The number of carbonyl (C=O) groups is 1. The average Bonchev–Trinajstić information content (AvgIpc) is 2.54. The number of aromatic amines is 1. The molecule has 0 spiro atoms. The summed E-state index contributed by atoms with van der Waals surface area (Å²) in [5.74, 6) is -0.517. The number of rotatable bonds is 4. The van der Waals surface area contributed by atoms with Gasteiger partial charge in [0.2, 0.25) is 0 Å². The van der Waals surface area contributed by atoms with Crippen LogP contribution in [-0.4, -0.2) is 17.5 Å². The van der Waals surface area contributed by atoms with E-state index in [2.05, 4.69) is 4.98 Å². The first kappa shape index (κ1) is 16.7. The summed E-state index contributed by atoms with van der Waals surface area (Å²) < 4.78 is 18.9. The lowest BCUT2D eigenvalue weighted by Gasteiger charge is -2.13. The number of hydrogen-bond donors (Lipinski definition) is 2. The van der Waals surface area contributed by atoms with E-state index in [0.717, 1.165) is 22.3 Å². The fourth-order valence-corrected chi connectivity index (χ4v) is 3.03. The van der Waals surface area contributed by atoms with Crippen molar-refractivity contribution in [1.29, 1.82) is 0 Å². The molecule has 6 heteroatoms. The summed E-state index contributed by atoms with van der Waals surface area (Å²) in [4.78, 5) is 25.8. The van der Waals surface area contributed by atoms with E-state index in [0.29, 0.717) is 16.5 Å². The predicted molar refractivity (Wildman–Crippen MR) is 94.1 cm³/mol. The molecule has 1 heterocycles. The third-order valence-corrected chi connectivity index (χ3v) is 4.02. The second kappa shape index (κ2) is 6.39. The van der Waals surface area contributed by atoms with Gasteiger partial charge in [-0.2, -0.15) is 0 Å². The Balaban J connectivity index is 2.20. The lowest BCUT2D eigenvalue weighted by Crippen LogP contribution is -2.20. The minimum absolute atomic E-state index is 0.265. The molecule has 0 bridgehead atoms. The van der Waals surface area contributed by atoms with Crippen LogP contribution in [0.2, 0.25) is 0 Å². The molecule has 0 unspecified atom stereocenters. The van der Waals surface area contributed by atoms with E-state index in [1.807, 2.05) is 13.8 Å². The molecule has 0 aliphatic heterocycles. The topological polar surface area (TPSA) is 85.2 Å². The zero-order valence-electron chi connectivity index (χ0n) is 13.9. The Morgan fingerprint density at radius 2 is 1.84 bits per heavy atom. The molecular weight excluding hydrogens is 323 g/mol. The number of pyridine rings is 1. The van der Waals surface area contributed by atoms with Crippen molar-refractivity contribution in [2.45, 2.75) is 13.8 Å². The maximum atomic E-state index is 13.6. The number of carbonyl (C=O) groups excluding carboxylic acids is 1.